The van der Waals surface area contributed by atoms with Gasteiger partial charge in [0.05, 0.1) is 4.91 Å². The molecule has 1 heterocycles. The van der Waals surface area contributed by atoms with Crippen molar-refractivity contribution in [2.24, 2.45) is 5.92 Å². The third-order valence-electron chi connectivity index (χ3n) is 1.39. The molecule has 0 spiro atoms. The zero-order valence-electron chi connectivity index (χ0n) is 7.53. The first-order valence-corrected chi connectivity index (χ1v) is 4.83. The first-order chi connectivity index (χ1) is 6.09. The standard InChI is InChI=1S/C9H11NO2S/c1-6(2)4-3-5-7-8(11)10-9(12)13-7/h3-6H,1-2H3,(H,10,11,12)/b4-3+,7-5-. The summed E-state index contributed by atoms with van der Waals surface area (Å²) in [5, 5.41) is 1.89. The van der Waals surface area contributed by atoms with E-state index in [9.17, 15) is 9.59 Å². The van der Waals surface area contributed by atoms with Crippen molar-refractivity contribution in [1.82, 2.24) is 5.32 Å². The molecule has 0 aromatic rings. The van der Waals surface area contributed by atoms with Crippen molar-refractivity contribution in [1.29, 1.82) is 0 Å². The number of nitrogens with one attached hydrogen (secondary N) is 1. The number of imide groups is 1. The SMILES string of the molecule is CC(C)/C=C/C=C1\SC(=O)NC1=O. The van der Waals surface area contributed by atoms with Gasteiger partial charge in [0, 0.05) is 0 Å². The summed E-state index contributed by atoms with van der Waals surface area (Å²) in [6, 6.07) is 0. The molecule has 0 aromatic carbocycles. The zero-order valence-corrected chi connectivity index (χ0v) is 8.35. The van der Waals surface area contributed by atoms with E-state index in [1.54, 1.807) is 12.2 Å². The molecule has 1 aliphatic heterocycles. The normalized spacial score (nSPS) is 20.7. The summed E-state index contributed by atoms with van der Waals surface area (Å²) in [5.41, 5.74) is 0. The number of hydrogen-bond donors (Lipinski definition) is 1. The van der Waals surface area contributed by atoms with Gasteiger partial charge in [-0.2, -0.15) is 0 Å². The van der Waals surface area contributed by atoms with Gasteiger partial charge < -0.3 is 0 Å². The molecule has 3 nitrogen and oxygen atoms in total. The summed E-state index contributed by atoms with van der Waals surface area (Å²) < 4.78 is 0. The molecule has 0 radical (unpaired) electrons. The summed E-state index contributed by atoms with van der Waals surface area (Å²) in [7, 11) is 0. The molecule has 1 rings (SSSR count). The second-order valence-corrected chi connectivity index (χ2v) is 4.02. The maximum Gasteiger partial charge on any atom is 0.290 e. The fourth-order valence-corrected chi connectivity index (χ4v) is 1.43. The Morgan fingerprint density at radius 3 is 2.54 bits per heavy atom. The van der Waals surface area contributed by atoms with Crippen molar-refractivity contribution in [2.45, 2.75) is 13.8 Å². The van der Waals surface area contributed by atoms with Crippen LogP contribution >= 0.6 is 11.8 Å². The van der Waals surface area contributed by atoms with Gasteiger partial charge in [0.25, 0.3) is 11.1 Å². The molecule has 1 fully saturated rings. The Hall–Kier alpha value is -1.03. The van der Waals surface area contributed by atoms with Crippen LogP contribution in [0.2, 0.25) is 0 Å². The van der Waals surface area contributed by atoms with Crippen LogP contribution in [0.1, 0.15) is 13.8 Å². The topological polar surface area (TPSA) is 46.2 Å². The van der Waals surface area contributed by atoms with Crippen LogP contribution in [-0.4, -0.2) is 11.1 Å². The number of carbonyl (C=O) groups excluding carboxylic acids is 2. The predicted molar refractivity (Wildman–Crippen MR) is 53.2 cm³/mol. The third kappa shape index (κ3) is 3.06. The van der Waals surface area contributed by atoms with E-state index in [4.69, 9.17) is 0 Å². The van der Waals surface area contributed by atoms with Crippen LogP contribution in [0, 0.1) is 5.92 Å². The lowest BCUT2D eigenvalue weighted by Gasteiger charge is -1.90. The fraction of sp³-hybridized carbons (Fsp3) is 0.333. The zero-order chi connectivity index (χ0) is 9.84. The van der Waals surface area contributed by atoms with Gasteiger partial charge in [0.1, 0.15) is 0 Å². The van der Waals surface area contributed by atoms with E-state index in [1.807, 2.05) is 19.9 Å². The van der Waals surface area contributed by atoms with Gasteiger partial charge in [-0.15, -0.1) is 0 Å². The molecular formula is C9H11NO2S. The minimum atomic E-state index is -0.302. The molecule has 0 unspecified atom stereocenters. The average Bonchev–Trinajstić information content (AvgIpc) is 2.29. The van der Waals surface area contributed by atoms with Crippen molar-refractivity contribution in [2.75, 3.05) is 0 Å². The molecule has 1 aliphatic rings. The quantitative estimate of drug-likeness (QED) is 0.689. The minimum Gasteiger partial charge on any atom is -0.282 e. The van der Waals surface area contributed by atoms with E-state index in [1.165, 1.54) is 0 Å². The second-order valence-electron chi connectivity index (χ2n) is 3.00. The van der Waals surface area contributed by atoms with E-state index in [0.29, 0.717) is 10.8 Å². The maximum absolute atomic E-state index is 11.0. The van der Waals surface area contributed by atoms with Gasteiger partial charge in [-0.3, -0.25) is 14.9 Å². The Bertz CT molecular complexity index is 292. The monoisotopic (exact) mass is 197 g/mol. The number of amides is 2. The average molecular weight is 197 g/mol. The lowest BCUT2D eigenvalue weighted by atomic mass is 10.2. The van der Waals surface area contributed by atoms with Crippen molar-refractivity contribution >= 4 is 22.9 Å². The summed E-state index contributed by atoms with van der Waals surface area (Å²) >= 11 is 0.936. The van der Waals surface area contributed by atoms with Gasteiger partial charge in [-0.05, 0) is 23.8 Å². The van der Waals surface area contributed by atoms with Crippen LogP contribution in [-0.2, 0) is 4.79 Å². The van der Waals surface area contributed by atoms with Gasteiger partial charge >= 0.3 is 0 Å². The molecule has 0 aromatic heterocycles. The van der Waals surface area contributed by atoms with Crippen LogP contribution in [0.4, 0.5) is 4.79 Å². The minimum absolute atomic E-state index is 0.297. The molecule has 0 bridgehead atoms. The molecule has 1 N–H and O–H groups in total. The lowest BCUT2D eigenvalue weighted by Crippen LogP contribution is -2.17. The highest BCUT2D eigenvalue weighted by Crippen LogP contribution is 2.22. The number of carbonyl (C=O) groups is 2. The maximum atomic E-state index is 11.0. The molecule has 0 atom stereocenters. The van der Waals surface area contributed by atoms with E-state index in [2.05, 4.69) is 5.32 Å². The summed E-state index contributed by atoms with van der Waals surface area (Å²) in [6.07, 6.45) is 5.42. The van der Waals surface area contributed by atoms with Crippen LogP contribution in [0.15, 0.2) is 23.1 Å². The van der Waals surface area contributed by atoms with Crippen molar-refractivity contribution in [3.05, 3.63) is 23.1 Å². The Balaban J connectivity index is 2.62. The Labute approximate surface area is 81.3 Å². The number of hydrogen-bond acceptors (Lipinski definition) is 3. The number of allylic oxidation sites excluding steroid dienone is 3. The molecule has 70 valence electrons. The summed E-state index contributed by atoms with van der Waals surface area (Å²) in [6.45, 7) is 4.09. The number of thioether (sulfide) groups is 1. The van der Waals surface area contributed by atoms with Crippen molar-refractivity contribution in [3.63, 3.8) is 0 Å². The Morgan fingerprint density at radius 2 is 2.08 bits per heavy atom. The molecule has 2 amide bonds. The Kier molecular flexibility index (Phi) is 3.31. The third-order valence-corrected chi connectivity index (χ3v) is 2.21. The van der Waals surface area contributed by atoms with E-state index < -0.39 is 0 Å². The van der Waals surface area contributed by atoms with Gasteiger partial charge in [0.2, 0.25) is 0 Å². The molecule has 0 saturated carbocycles. The summed E-state index contributed by atoms with van der Waals surface area (Å²) in [4.78, 5) is 22.2. The highest BCUT2D eigenvalue weighted by molar-refractivity contribution is 8.18. The van der Waals surface area contributed by atoms with Gasteiger partial charge in [-0.1, -0.05) is 26.0 Å². The highest BCUT2D eigenvalue weighted by atomic mass is 32.2. The number of rotatable bonds is 2. The molecule has 0 aliphatic carbocycles. The highest BCUT2D eigenvalue weighted by Gasteiger charge is 2.24. The van der Waals surface area contributed by atoms with Crippen LogP contribution < -0.4 is 5.32 Å². The molecular weight excluding hydrogens is 186 g/mol. The van der Waals surface area contributed by atoms with E-state index >= 15 is 0 Å². The van der Waals surface area contributed by atoms with Crippen molar-refractivity contribution < 1.29 is 9.59 Å². The molecule has 4 heteroatoms. The largest absolute Gasteiger partial charge is 0.290 e. The van der Waals surface area contributed by atoms with Gasteiger partial charge in [-0.25, -0.2) is 0 Å². The fourth-order valence-electron chi connectivity index (χ4n) is 0.801. The van der Waals surface area contributed by atoms with Crippen LogP contribution in [0.3, 0.4) is 0 Å². The van der Waals surface area contributed by atoms with Crippen LogP contribution in [0.25, 0.3) is 0 Å². The predicted octanol–water partition coefficient (Wildman–Crippen LogP) is 2.07. The molecule has 1 saturated heterocycles. The summed E-state index contributed by atoms with van der Waals surface area (Å²) in [5.74, 6) is 0.144. The van der Waals surface area contributed by atoms with Crippen LogP contribution in [0.5, 0.6) is 0 Å². The Morgan fingerprint density at radius 1 is 1.38 bits per heavy atom. The lowest BCUT2D eigenvalue weighted by molar-refractivity contribution is -0.115. The van der Waals surface area contributed by atoms with E-state index in [-0.39, 0.29) is 11.1 Å². The second kappa shape index (κ2) is 4.28. The molecule has 13 heavy (non-hydrogen) atoms. The smallest absolute Gasteiger partial charge is 0.282 e. The first kappa shape index (κ1) is 10.1. The van der Waals surface area contributed by atoms with Gasteiger partial charge in [0.15, 0.2) is 0 Å². The van der Waals surface area contributed by atoms with Crippen molar-refractivity contribution in [3.8, 4) is 0 Å². The first-order valence-electron chi connectivity index (χ1n) is 4.01. The van der Waals surface area contributed by atoms with E-state index in [0.717, 1.165) is 11.8 Å².